The van der Waals surface area contributed by atoms with Crippen molar-refractivity contribution < 1.29 is 4.79 Å². The van der Waals surface area contributed by atoms with Gasteiger partial charge in [-0.1, -0.05) is 60.8 Å². The van der Waals surface area contributed by atoms with E-state index >= 15 is 0 Å². The fourth-order valence-corrected chi connectivity index (χ4v) is 6.01. The average Bonchev–Trinajstić information content (AvgIpc) is 3.60. The molecule has 210 valence electrons. The Kier molecular flexibility index (Phi) is 6.92. The smallest absolute Gasteiger partial charge is 0.221 e. The van der Waals surface area contributed by atoms with E-state index in [2.05, 4.69) is 92.2 Å². The summed E-state index contributed by atoms with van der Waals surface area (Å²) < 4.78 is 4.62. The van der Waals surface area contributed by atoms with E-state index < -0.39 is 0 Å². The van der Waals surface area contributed by atoms with E-state index in [1.54, 1.807) is 6.07 Å². The Labute approximate surface area is 249 Å². The number of imidazole rings is 1. The molecule has 2 aromatic heterocycles. The molecule has 1 aliphatic rings. The van der Waals surface area contributed by atoms with Gasteiger partial charge in [0.2, 0.25) is 11.5 Å². The molecular formula is C35H32ClN5O. The molecule has 0 spiro atoms. The minimum absolute atomic E-state index is 0.119. The molecule has 1 aliphatic carbocycles. The van der Waals surface area contributed by atoms with Gasteiger partial charge in [-0.05, 0) is 78.1 Å². The maximum Gasteiger partial charge on any atom is 0.221 e. The van der Waals surface area contributed by atoms with Crippen LogP contribution in [0.3, 0.4) is 0 Å². The second kappa shape index (κ2) is 11.0. The third kappa shape index (κ3) is 5.14. The number of para-hydroxylation sites is 2. The molecule has 1 fully saturated rings. The van der Waals surface area contributed by atoms with Crippen molar-refractivity contribution in [3.05, 3.63) is 113 Å². The number of nitrogens with one attached hydrogen (secondary N) is 2. The van der Waals surface area contributed by atoms with Gasteiger partial charge < -0.3 is 14.9 Å². The van der Waals surface area contributed by atoms with Crippen LogP contribution in [0.1, 0.15) is 31.7 Å². The summed E-state index contributed by atoms with van der Waals surface area (Å²) in [4.78, 5) is 20.4. The van der Waals surface area contributed by atoms with Crippen molar-refractivity contribution in [2.24, 2.45) is 10.9 Å². The molecule has 7 heteroatoms. The van der Waals surface area contributed by atoms with E-state index in [1.807, 2.05) is 18.3 Å². The highest BCUT2D eigenvalue weighted by atomic mass is 35.5. The van der Waals surface area contributed by atoms with Crippen LogP contribution in [-0.2, 0) is 11.3 Å². The number of halogens is 1. The SMILES string of the molecule is CC(=O)Nc1ccc(Cl)cc1-c1ccc(-n2c(=NCCC3CC3)n(Cc3cccc4[nH]ccc34)c3ccccc32)cc1. The fourth-order valence-electron chi connectivity index (χ4n) is 5.84. The molecule has 0 unspecified atom stereocenters. The van der Waals surface area contributed by atoms with Gasteiger partial charge in [-0.25, -0.2) is 0 Å². The monoisotopic (exact) mass is 573 g/mol. The first-order chi connectivity index (χ1) is 20.5. The van der Waals surface area contributed by atoms with Crippen LogP contribution >= 0.6 is 11.6 Å². The maximum absolute atomic E-state index is 11.8. The number of fused-ring (bicyclic) bond motifs is 2. The van der Waals surface area contributed by atoms with Crippen LogP contribution in [0.5, 0.6) is 0 Å². The molecule has 0 saturated heterocycles. The zero-order valence-corrected chi connectivity index (χ0v) is 24.2. The number of aromatic nitrogens is 3. The number of carbonyl (C=O) groups is 1. The quantitative estimate of drug-likeness (QED) is 0.191. The molecule has 1 saturated carbocycles. The summed E-state index contributed by atoms with van der Waals surface area (Å²) in [5.74, 6) is 0.690. The minimum Gasteiger partial charge on any atom is -0.361 e. The third-order valence-corrected chi connectivity index (χ3v) is 8.32. The molecule has 2 heterocycles. The Morgan fingerprint density at radius 2 is 1.79 bits per heavy atom. The van der Waals surface area contributed by atoms with Crippen LogP contribution < -0.4 is 10.9 Å². The van der Waals surface area contributed by atoms with Crippen molar-refractivity contribution in [2.75, 3.05) is 11.9 Å². The Morgan fingerprint density at radius 1 is 0.976 bits per heavy atom. The number of H-pyrrole nitrogens is 1. The van der Waals surface area contributed by atoms with Crippen LogP contribution in [-0.4, -0.2) is 26.6 Å². The average molecular weight is 574 g/mol. The van der Waals surface area contributed by atoms with Crippen molar-refractivity contribution in [3.63, 3.8) is 0 Å². The first-order valence-electron chi connectivity index (χ1n) is 14.5. The summed E-state index contributed by atoms with van der Waals surface area (Å²) in [7, 11) is 0. The number of benzene rings is 4. The van der Waals surface area contributed by atoms with Crippen molar-refractivity contribution in [1.82, 2.24) is 14.1 Å². The van der Waals surface area contributed by atoms with Crippen LogP contribution in [0.25, 0.3) is 38.8 Å². The Morgan fingerprint density at radius 3 is 2.57 bits per heavy atom. The summed E-state index contributed by atoms with van der Waals surface area (Å²) in [6.07, 6.45) is 5.76. The molecule has 2 N–H and O–H groups in total. The molecule has 0 bridgehead atoms. The fraction of sp³-hybridized carbons (Fsp3) is 0.200. The molecule has 4 aromatic carbocycles. The number of amides is 1. The molecule has 1 amide bonds. The Balaban J connectivity index is 1.37. The van der Waals surface area contributed by atoms with E-state index in [9.17, 15) is 4.79 Å². The predicted molar refractivity (Wildman–Crippen MR) is 171 cm³/mol. The van der Waals surface area contributed by atoms with Crippen molar-refractivity contribution in [3.8, 4) is 16.8 Å². The normalized spacial score (nSPS) is 13.7. The van der Waals surface area contributed by atoms with E-state index in [-0.39, 0.29) is 5.91 Å². The van der Waals surface area contributed by atoms with Crippen molar-refractivity contribution >= 4 is 45.1 Å². The van der Waals surface area contributed by atoms with Gasteiger partial charge in [0.15, 0.2) is 0 Å². The van der Waals surface area contributed by atoms with Gasteiger partial charge in [-0.15, -0.1) is 0 Å². The van der Waals surface area contributed by atoms with Gasteiger partial charge in [-0.3, -0.25) is 14.4 Å². The van der Waals surface area contributed by atoms with Crippen LogP contribution in [0.4, 0.5) is 5.69 Å². The summed E-state index contributed by atoms with van der Waals surface area (Å²) in [5.41, 5.74) is 9.20. The van der Waals surface area contributed by atoms with Gasteiger partial charge in [0, 0.05) is 52.5 Å². The largest absolute Gasteiger partial charge is 0.361 e. The van der Waals surface area contributed by atoms with Gasteiger partial charge in [0.25, 0.3) is 0 Å². The number of nitrogens with zero attached hydrogens (tertiary/aromatic N) is 3. The number of carbonyl (C=O) groups excluding carboxylic acids is 1. The lowest BCUT2D eigenvalue weighted by atomic mass is 10.0. The first-order valence-corrected chi connectivity index (χ1v) is 14.9. The van der Waals surface area contributed by atoms with Crippen LogP contribution in [0.2, 0.25) is 5.02 Å². The standard InChI is InChI=1S/C35H32ClN5O/c1-23(42)39-32-16-13-27(36)21-30(32)25-11-14-28(15-12-25)41-34-8-3-2-7-33(34)40(35(41)38-19-17-24-9-10-24)22-26-5-4-6-31-29(26)18-20-37-31/h2-8,11-16,18,20-21,24,37H,9-10,17,19,22H2,1H3,(H,39,42). The number of anilines is 1. The summed E-state index contributed by atoms with van der Waals surface area (Å²) in [6.45, 7) is 3.03. The predicted octanol–water partition coefficient (Wildman–Crippen LogP) is 7.94. The Hall–Kier alpha value is -4.55. The molecule has 6 aromatic rings. The number of aromatic amines is 1. The second-order valence-corrected chi connectivity index (χ2v) is 11.5. The van der Waals surface area contributed by atoms with Crippen molar-refractivity contribution in [2.45, 2.75) is 32.7 Å². The minimum atomic E-state index is -0.119. The lowest BCUT2D eigenvalue weighted by Gasteiger charge is -2.12. The zero-order valence-electron chi connectivity index (χ0n) is 23.5. The van der Waals surface area contributed by atoms with Gasteiger partial charge >= 0.3 is 0 Å². The molecule has 0 atom stereocenters. The van der Waals surface area contributed by atoms with E-state index in [0.717, 1.165) is 63.6 Å². The van der Waals surface area contributed by atoms with Gasteiger partial charge in [-0.2, -0.15) is 0 Å². The van der Waals surface area contributed by atoms with Crippen molar-refractivity contribution in [1.29, 1.82) is 0 Å². The molecule has 7 rings (SSSR count). The molecule has 0 aliphatic heterocycles. The van der Waals surface area contributed by atoms with Crippen LogP contribution in [0.15, 0.2) is 102 Å². The topological polar surface area (TPSA) is 67.1 Å². The number of rotatable bonds is 8. The molecule has 6 nitrogen and oxygen atoms in total. The first kappa shape index (κ1) is 26.4. The highest BCUT2D eigenvalue weighted by molar-refractivity contribution is 6.31. The van der Waals surface area contributed by atoms with E-state index in [0.29, 0.717) is 11.6 Å². The summed E-state index contributed by atoms with van der Waals surface area (Å²) in [6, 6.07) is 31.1. The second-order valence-electron chi connectivity index (χ2n) is 11.1. The Bertz CT molecular complexity index is 1990. The van der Waals surface area contributed by atoms with Gasteiger partial charge in [0.05, 0.1) is 17.6 Å². The summed E-state index contributed by atoms with van der Waals surface area (Å²) in [5, 5.41) is 4.78. The maximum atomic E-state index is 11.8. The third-order valence-electron chi connectivity index (χ3n) is 8.08. The number of hydrogen-bond donors (Lipinski definition) is 2. The molecular weight excluding hydrogens is 542 g/mol. The summed E-state index contributed by atoms with van der Waals surface area (Å²) >= 11 is 6.36. The lowest BCUT2D eigenvalue weighted by molar-refractivity contribution is -0.114. The lowest BCUT2D eigenvalue weighted by Crippen LogP contribution is -2.26. The molecule has 0 radical (unpaired) electrons. The highest BCUT2D eigenvalue weighted by Crippen LogP contribution is 2.33. The highest BCUT2D eigenvalue weighted by Gasteiger charge is 2.21. The molecule has 42 heavy (non-hydrogen) atoms. The van der Waals surface area contributed by atoms with E-state index in [4.69, 9.17) is 16.6 Å². The van der Waals surface area contributed by atoms with Gasteiger partial charge in [0.1, 0.15) is 0 Å². The van der Waals surface area contributed by atoms with Crippen LogP contribution in [0, 0.1) is 5.92 Å². The zero-order chi connectivity index (χ0) is 28.6. The van der Waals surface area contributed by atoms with E-state index in [1.165, 1.54) is 30.7 Å². The number of hydrogen-bond acceptors (Lipinski definition) is 2.